The molecule has 24 heavy (non-hydrogen) atoms. The summed E-state index contributed by atoms with van der Waals surface area (Å²) in [5.74, 6) is 0.254. The van der Waals surface area contributed by atoms with Gasteiger partial charge in [0.15, 0.2) is 0 Å². The molecule has 0 bridgehead atoms. The first kappa shape index (κ1) is 16.2. The fourth-order valence-electron chi connectivity index (χ4n) is 2.80. The normalized spacial score (nSPS) is 10.7. The number of esters is 1. The Labute approximate surface area is 142 Å². The highest BCUT2D eigenvalue weighted by Crippen LogP contribution is 2.21. The SMILES string of the molecule is NCCCCc1cccc(OC(=O)c2cccc3ccccc23)c1. The average Bonchev–Trinajstić information content (AvgIpc) is 2.62. The van der Waals surface area contributed by atoms with Crippen LogP contribution >= 0.6 is 0 Å². The Morgan fingerprint density at radius 1 is 0.917 bits per heavy atom. The van der Waals surface area contributed by atoms with Crippen molar-refractivity contribution in [1.29, 1.82) is 0 Å². The minimum absolute atomic E-state index is 0.328. The van der Waals surface area contributed by atoms with Gasteiger partial charge in [0.25, 0.3) is 0 Å². The molecule has 0 aliphatic rings. The molecule has 3 heteroatoms. The van der Waals surface area contributed by atoms with Crippen LogP contribution in [0.15, 0.2) is 66.7 Å². The van der Waals surface area contributed by atoms with Crippen LogP contribution in [0.5, 0.6) is 5.75 Å². The number of benzene rings is 3. The highest BCUT2D eigenvalue weighted by Gasteiger charge is 2.12. The fraction of sp³-hybridized carbons (Fsp3) is 0.190. The van der Waals surface area contributed by atoms with Crippen molar-refractivity contribution < 1.29 is 9.53 Å². The van der Waals surface area contributed by atoms with E-state index in [1.165, 1.54) is 0 Å². The summed E-state index contributed by atoms with van der Waals surface area (Å²) < 4.78 is 5.59. The van der Waals surface area contributed by atoms with Crippen LogP contribution < -0.4 is 10.5 Å². The second-order valence-corrected chi connectivity index (χ2v) is 5.81. The highest BCUT2D eigenvalue weighted by molar-refractivity contribution is 6.05. The molecule has 0 saturated heterocycles. The van der Waals surface area contributed by atoms with E-state index in [0.717, 1.165) is 35.6 Å². The van der Waals surface area contributed by atoms with Gasteiger partial charge in [-0.05, 0) is 60.3 Å². The second-order valence-electron chi connectivity index (χ2n) is 5.81. The summed E-state index contributed by atoms with van der Waals surface area (Å²) in [6.07, 6.45) is 2.98. The van der Waals surface area contributed by atoms with Gasteiger partial charge in [-0.15, -0.1) is 0 Å². The average molecular weight is 319 g/mol. The number of hydrogen-bond acceptors (Lipinski definition) is 3. The predicted molar refractivity (Wildman–Crippen MR) is 97.3 cm³/mol. The maximum Gasteiger partial charge on any atom is 0.344 e. The predicted octanol–water partition coefficient (Wildman–Crippen LogP) is 4.34. The molecular weight excluding hydrogens is 298 g/mol. The van der Waals surface area contributed by atoms with Crippen molar-refractivity contribution in [2.45, 2.75) is 19.3 Å². The third kappa shape index (κ3) is 3.81. The number of unbranched alkanes of at least 4 members (excludes halogenated alkanes) is 1. The lowest BCUT2D eigenvalue weighted by Gasteiger charge is -2.08. The van der Waals surface area contributed by atoms with E-state index < -0.39 is 0 Å². The number of nitrogens with two attached hydrogens (primary N) is 1. The molecule has 2 N–H and O–H groups in total. The molecule has 0 unspecified atom stereocenters. The Hall–Kier alpha value is -2.65. The Morgan fingerprint density at radius 3 is 2.58 bits per heavy atom. The van der Waals surface area contributed by atoms with E-state index in [9.17, 15) is 4.79 Å². The van der Waals surface area contributed by atoms with Gasteiger partial charge in [-0.1, -0.05) is 48.5 Å². The van der Waals surface area contributed by atoms with E-state index in [0.29, 0.717) is 17.9 Å². The quantitative estimate of drug-likeness (QED) is 0.418. The van der Waals surface area contributed by atoms with Gasteiger partial charge in [0.2, 0.25) is 0 Å². The van der Waals surface area contributed by atoms with Gasteiger partial charge in [-0.25, -0.2) is 4.79 Å². The van der Waals surface area contributed by atoms with Crippen LogP contribution in [0, 0.1) is 0 Å². The lowest BCUT2D eigenvalue weighted by atomic mass is 10.0. The number of rotatable bonds is 6. The van der Waals surface area contributed by atoms with Crippen molar-refractivity contribution in [3.05, 3.63) is 77.9 Å². The fourth-order valence-corrected chi connectivity index (χ4v) is 2.80. The first-order valence-electron chi connectivity index (χ1n) is 8.27. The molecule has 3 rings (SSSR count). The molecular formula is C21H21NO2. The van der Waals surface area contributed by atoms with Crippen LogP contribution in [0.3, 0.4) is 0 Å². The topological polar surface area (TPSA) is 52.3 Å². The summed E-state index contributed by atoms with van der Waals surface area (Å²) in [5.41, 5.74) is 7.27. The van der Waals surface area contributed by atoms with Crippen LogP contribution in [0.4, 0.5) is 0 Å². The Bertz CT molecular complexity index is 837. The molecule has 122 valence electrons. The molecule has 0 aliphatic carbocycles. The van der Waals surface area contributed by atoms with Crippen molar-refractivity contribution in [3.63, 3.8) is 0 Å². The summed E-state index contributed by atoms with van der Waals surface area (Å²) in [7, 11) is 0. The van der Waals surface area contributed by atoms with Crippen LogP contribution in [-0.4, -0.2) is 12.5 Å². The largest absolute Gasteiger partial charge is 0.423 e. The summed E-state index contributed by atoms with van der Waals surface area (Å²) >= 11 is 0. The van der Waals surface area contributed by atoms with Gasteiger partial charge < -0.3 is 10.5 Å². The monoisotopic (exact) mass is 319 g/mol. The van der Waals surface area contributed by atoms with E-state index in [1.807, 2.05) is 60.7 Å². The number of carbonyl (C=O) groups is 1. The van der Waals surface area contributed by atoms with Crippen LogP contribution in [-0.2, 0) is 6.42 Å². The van der Waals surface area contributed by atoms with E-state index >= 15 is 0 Å². The summed E-state index contributed by atoms with van der Waals surface area (Å²) in [6.45, 7) is 0.704. The lowest BCUT2D eigenvalue weighted by Crippen LogP contribution is -2.09. The van der Waals surface area contributed by atoms with Crippen molar-refractivity contribution in [2.24, 2.45) is 5.73 Å². The van der Waals surface area contributed by atoms with Crippen LogP contribution in [0.2, 0.25) is 0 Å². The van der Waals surface area contributed by atoms with E-state index in [1.54, 1.807) is 6.07 Å². The lowest BCUT2D eigenvalue weighted by molar-refractivity contribution is 0.0737. The molecule has 3 aromatic carbocycles. The highest BCUT2D eigenvalue weighted by atomic mass is 16.5. The molecule has 3 nitrogen and oxygen atoms in total. The number of carbonyl (C=O) groups excluding carboxylic acids is 1. The number of fused-ring (bicyclic) bond motifs is 1. The molecule has 0 amide bonds. The van der Waals surface area contributed by atoms with E-state index in [4.69, 9.17) is 10.5 Å². The third-order valence-electron chi connectivity index (χ3n) is 4.04. The first-order valence-corrected chi connectivity index (χ1v) is 8.27. The molecule has 0 aromatic heterocycles. The molecule has 0 spiro atoms. The minimum atomic E-state index is -0.328. The Kier molecular flexibility index (Phi) is 5.24. The van der Waals surface area contributed by atoms with Crippen molar-refractivity contribution in [2.75, 3.05) is 6.54 Å². The molecule has 0 aliphatic heterocycles. The van der Waals surface area contributed by atoms with Crippen molar-refractivity contribution in [1.82, 2.24) is 0 Å². The van der Waals surface area contributed by atoms with Crippen molar-refractivity contribution in [3.8, 4) is 5.75 Å². The molecule has 0 atom stereocenters. The van der Waals surface area contributed by atoms with Gasteiger partial charge in [0.05, 0.1) is 5.56 Å². The standard InChI is InChI=1S/C21H21NO2/c22-14-4-3-7-16-8-5-11-18(15-16)24-21(23)20-13-6-10-17-9-1-2-12-19(17)20/h1-2,5-6,8-13,15H,3-4,7,14,22H2. The van der Waals surface area contributed by atoms with Crippen molar-refractivity contribution >= 4 is 16.7 Å². The zero-order valence-corrected chi connectivity index (χ0v) is 13.6. The molecule has 0 saturated carbocycles. The second kappa shape index (κ2) is 7.75. The first-order chi connectivity index (χ1) is 11.8. The van der Waals surface area contributed by atoms with E-state index in [2.05, 4.69) is 0 Å². The number of ether oxygens (including phenoxy) is 1. The maximum absolute atomic E-state index is 12.6. The number of hydrogen-bond donors (Lipinski definition) is 1. The number of aryl methyl sites for hydroxylation is 1. The van der Waals surface area contributed by atoms with Gasteiger partial charge >= 0.3 is 5.97 Å². The summed E-state index contributed by atoms with van der Waals surface area (Å²) in [6, 6.07) is 21.2. The molecule has 0 radical (unpaired) electrons. The summed E-state index contributed by atoms with van der Waals surface area (Å²) in [5, 5.41) is 1.94. The minimum Gasteiger partial charge on any atom is -0.423 e. The van der Waals surface area contributed by atoms with Gasteiger partial charge in [-0.3, -0.25) is 0 Å². The zero-order valence-electron chi connectivity index (χ0n) is 13.6. The van der Waals surface area contributed by atoms with Gasteiger partial charge in [-0.2, -0.15) is 0 Å². The van der Waals surface area contributed by atoms with Crippen LogP contribution in [0.25, 0.3) is 10.8 Å². The third-order valence-corrected chi connectivity index (χ3v) is 4.04. The zero-order chi connectivity index (χ0) is 16.8. The van der Waals surface area contributed by atoms with Gasteiger partial charge in [0, 0.05) is 0 Å². The summed E-state index contributed by atoms with van der Waals surface area (Å²) in [4.78, 5) is 12.6. The Balaban J connectivity index is 1.78. The Morgan fingerprint density at radius 2 is 1.71 bits per heavy atom. The van der Waals surface area contributed by atoms with Gasteiger partial charge in [0.1, 0.15) is 5.75 Å². The molecule has 0 heterocycles. The molecule has 3 aromatic rings. The maximum atomic E-state index is 12.6. The smallest absolute Gasteiger partial charge is 0.344 e. The molecule has 0 fully saturated rings. The van der Waals surface area contributed by atoms with E-state index in [-0.39, 0.29) is 5.97 Å². The van der Waals surface area contributed by atoms with Crippen LogP contribution in [0.1, 0.15) is 28.8 Å².